The molecule has 2 aliphatic rings. The third-order valence-electron chi connectivity index (χ3n) is 4.75. The van der Waals surface area contributed by atoms with Gasteiger partial charge < -0.3 is 0 Å². The van der Waals surface area contributed by atoms with Crippen LogP contribution in [0.5, 0.6) is 0 Å². The first kappa shape index (κ1) is 15.7. The van der Waals surface area contributed by atoms with Crippen molar-refractivity contribution in [3.8, 4) is 6.07 Å². The molecule has 2 bridgehead atoms. The zero-order valence-electron chi connectivity index (χ0n) is 13.1. The van der Waals surface area contributed by atoms with Crippen molar-refractivity contribution < 1.29 is 4.84 Å². The van der Waals surface area contributed by atoms with Crippen molar-refractivity contribution >= 4 is 11.6 Å². The van der Waals surface area contributed by atoms with E-state index < -0.39 is 5.41 Å². The smallest absolute Gasteiger partial charge is 0.0869 e. The number of hydrogen-bond acceptors (Lipinski definition) is 4. The maximum absolute atomic E-state index is 9.87. The van der Waals surface area contributed by atoms with E-state index in [2.05, 4.69) is 30.0 Å². The second kappa shape index (κ2) is 6.16. The first-order chi connectivity index (χ1) is 10.5. The number of nitriles is 1. The number of aromatic nitrogens is 1. The highest BCUT2D eigenvalue weighted by Crippen LogP contribution is 2.47. The Morgan fingerprint density at radius 3 is 2.64 bits per heavy atom. The molecule has 1 aromatic rings. The lowest BCUT2D eigenvalue weighted by molar-refractivity contribution is -0.216. The largest absolute Gasteiger partial charge is 0.298 e. The van der Waals surface area contributed by atoms with Crippen molar-refractivity contribution in [3.05, 3.63) is 29.0 Å². The molecule has 0 radical (unpaired) electrons. The molecule has 2 saturated heterocycles. The van der Waals surface area contributed by atoms with Crippen molar-refractivity contribution in [1.29, 1.82) is 5.26 Å². The number of hydrogen-bond donors (Lipinski definition) is 0. The maximum atomic E-state index is 9.87. The summed E-state index contributed by atoms with van der Waals surface area (Å²) in [5.41, 5.74) is 0.462. The Morgan fingerprint density at radius 1 is 1.41 bits per heavy atom. The molecular weight excluding hydrogens is 298 g/mol. The van der Waals surface area contributed by atoms with Gasteiger partial charge in [-0.3, -0.25) is 9.82 Å². The van der Waals surface area contributed by atoms with Crippen LogP contribution < -0.4 is 0 Å². The third kappa shape index (κ3) is 2.86. The van der Waals surface area contributed by atoms with E-state index in [0.29, 0.717) is 23.0 Å². The van der Waals surface area contributed by atoms with E-state index in [9.17, 15) is 5.26 Å². The number of pyridine rings is 1. The van der Waals surface area contributed by atoms with Crippen LogP contribution in [-0.2, 0) is 10.3 Å². The van der Waals surface area contributed by atoms with Gasteiger partial charge in [-0.05, 0) is 43.2 Å². The molecule has 0 aliphatic carbocycles. The van der Waals surface area contributed by atoms with Crippen molar-refractivity contribution in [2.45, 2.75) is 57.0 Å². The lowest BCUT2D eigenvalue weighted by atomic mass is 9.72. The summed E-state index contributed by atoms with van der Waals surface area (Å²) in [6.07, 6.45) is 7.19. The number of hydroxylamine groups is 2. The Morgan fingerprint density at radius 2 is 2.09 bits per heavy atom. The second-order valence-electron chi connectivity index (χ2n) is 6.93. The van der Waals surface area contributed by atoms with Gasteiger partial charge >= 0.3 is 0 Å². The minimum Gasteiger partial charge on any atom is -0.298 e. The van der Waals surface area contributed by atoms with E-state index in [-0.39, 0.29) is 0 Å². The van der Waals surface area contributed by atoms with Crippen molar-refractivity contribution in [2.24, 2.45) is 5.92 Å². The minimum atomic E-state index is -0.485. The topological polar surface area (TPSA) is 49.1 Å². The quantitative estimate of drug-likeness (QED) is 0.849. The average Bonchev–Trinajstić information content (AvgIpc) is 2.74. The van der Waals surface area contributed by atoms with E-state index in [1.165, 1.54) is 0 Å². The molecule has 118 valence electrons. The van der Waals surface area contributed by atoms with Crippen LogP contribution in [-0.4, -0.2) is 28.7 Å². The monoisotopic (exact) mass is 319 g/mol. The summed E-state index contributed by atoms with van der Waals surface area (Å²) in [4.78, 5) is 10.2. The number of halogens is 1. The summed E-state index contributed by atoms with van der Waals surface area (Å²) in [5.74, 6) is 0.513. The zero-order chi connectivity index (χ0) is 15.7. The van der Waals surface area contributed by atoms with Gasteiger partial charge in [0, 0.05) is 24.5 Å². The van der Waals surface area contributed by atoms with Crippen LogP contribution in [0.25, 0.3) is 0 Å². The SMILES string of the molecule is CC(C)CON1C2CCC1CC(C#N)(c1cncc(Cl)c1)C2. The van der Waals surface area contributed by atoms with Gasteiger partial charge in [-0.15, -0.1) is 0 Å². The van der Waals surface area contributed by atoms with Gasteiger partial charge in [0.05, 0.1) is 23.1 Å². The van der Waals surface area contributed by atoms with Crippen LogP contribution in [0.4, 0.5) is 0 Å². The highest BCUT2D eigenvalue weighted by Gasteiger charge is 2.50. The zero-order valence-corrected chi connectivity index (χ0v) is 13.9. The molecule has 22 heavy (non-hydrogen) atoms. The van der Waals surface area contributed by atoms with Gasteiger partial charge in [0.1, 0.15) is 0 Å². The third-order valence-corrected chi connectivity index (χ3v) is 4.96. The molecule has 0 amide bonds. The Kier molecular flexibility index (Phi) is 4.40. The van der Waals surface area contributed by atoms with Crippen LogP contribution >= 0.6 is 11.6 Å². The highest BCUT2D eigenvalue weighted by molar-refractivity contribution is 6.30. The first-order valence-corrected chi connectivity index (χ1v) is 8.35. The van der Waals surface area contributed by atoms with E-state index >= 15 is 0 Å². The normalized spacial score (nSPS) is 31.4. The number of rotatable bonds is 4. The summed E-state index contributed by atoms with van der Waals surface area (Å²) < 4.78 is 0. The van der Waals surface area contributed by atoms with Gasteiger partial charge in [-0.25, -0.2) is 0 Å². The molecule has 3 rings (SSSR count). The Labute approximate surface area is 137 Å². The van der Waals surface area contributed by atoms with Crippen molar-refractivity contribution in [3.63, 3.8) is 0 Å². The average molecular weight is 320 g/mol. The molecular formula is C17H22ClN3O. The molecule has 0 aromatic carbocycles. The molecule has 2 unspecified atom stereocenters. The van der Waals surface area contributed by atoms with Gasteiger partial charge in [0.2, 0.25) is 0 Å². The number of fused-ring (bicyclic) bond motifs is 2. The molecule has 2 fully saturated rings. The molecule has 5 heteroatoms. The Balaban J connectivity index is 1.82. The van der Waals surface area contributed by atoms with Gasteiger partial charge in [-0.1, -0.05) is 25.4 Å². The fourth-order valence-electron chi connectivity index (χ4n) is 3.72. The fraction of sp³-hybridized carbons (Fsp3) is 0.647. The van der Waals surface area contributed by atoms with Crippen LogP contribution in [0.3, 0.4) is 0 Å². The second-order valence-corrected chi connectivity index (χ2v) is 7.36. The van der Waals surface area contributed by atoms with Crippen molar-refractivity contribution in [2.75, 3.05) is 6.61 Å². The molecule has 4 nitrogen and oxygen atoms in total. The summed E-state index contributed by atoms with van der Waals surface area (Å²) in [6, 6.07) is 5.09. The maximum Gasteiger partial charge on any atom is 0.0869 e. The summed E-state index contributed by atoms with van der Waals surface area (Å²) >= 11 is 6.08. The molecule has 2 atom stereocenters. The first-order valence-electron chi connectivity index (χ1n) is 7.97. The summed E-state index contributed by atoms with van der Waals surface area (Å²) in [6.45, 7) is 5.05. The van der Waals surface area contributed by atoms with Crippen LogP contribution in [0, 0.1) is 17.2 Å². The predicted molar refractivity (Wildman–Crippen MR) is 85.2 cm³/mol. The Bertz CT molecular complexity index is 570. The van der Waals surface area contributed by atoms with E-state index in [1.807, 2.05) is 6.07 Å². The standard InChI is InChI=1S/C17H22ClN3O/c1-12(2)10-22-21-15-3-4-16(21)7-17(6-15,11-19)13-5-14(18)9-20-8-13/h5,8-9,12,15-16H,3-4,6-7,10H2,1-2H3. The molecule has 3 heterocycles. The van der Waals surface area contributed by atoms with Crippen LogP contribution in [0.2, 0.25) is 5.02 Å². The van der Waals surface area contributed by atoms with Gasteiger partial charge in [-0.2, -0.15) is 10.3 Å². The predicted octanol–water partition coefficient (Wildman–Crippen LogP) is 3.71. The fourth-order valence-corrected chi connectivity index (χ4v) is 3.89. The summed E-state index contributed by atoms with van der Waals surface area (Å²) in [5, 5.41) is 12.6. The lowest BCUT2D eigenvalue weighted by Gasteiger charge is -2.42. The lowest BCUT2D eigenvalue weighted by Crippen LogP contribution is -2.49. The van der Waals surface area contributed by atoms with E-state index in [1.54, 1.807) is 12.4 Å². The highest BCUT2D eigenvalue weighted by atomic mass is 35.5. The molecule has 0 N–H and O–H groups in total. The minimum absolute atomic E-state index is 0.316. The number of nitrogens with zero attached hydrogens (tertiary/aromatic N) is 3. The van der Waals surface area contributed by atoms with Gasteiger partial charge in [0.25, 0.3) is 0 Å². The molecule has 2 aliphatic heterocycles. The van der Waals surface area contributed by atoms with Crippen molar-refractivity contribution in [1.82, 2.24) is 10.0 Å². The summed E-state index contributed by atoms with van der Waals surface area (Å²) in [7, 11) is 0. The molecule has 0 spiro atoms. The number of piperidine rings is 1. The Hall–Kier alpha value is -1.15. The van der Waals surface area contributed by atoms with Gasteiger partial charge in [0.15, 0.2) is 0 Å². The van der Waals surface area contributed by atoms with Crippen LogP contribution in [0.1, 0.15) is 45.1 Å². The van der Waals surface area contributed by atoms with E-state index in [4.69, 9.17) is 16.4 Å². The van der Waals surface area contributed by atoms with Crippen LogP contribution in [0.15, 0.2) is 18.5 Å². The molecule has 0 saturated carbocycles. The molecule has 1 aromatic heterocycles. The van der Waals surface area contributed by atoms with E-state index in [0.717, 1.165) is 37.9 Å².